The monoisotopic (exact) mass is 245 g/mol. The third-order valence-electron chi connectivity index (χ3n) is 3.37. The molecule has 0 spiro atoms. The molecule has 1 aliphatic rings. The molecule has 1 aliphatic heterocycles. The van der Waals surface area contributed by atoms with E-state index in [1.807, 2.05) is 29.5 Å². The summed E-state index contributed by atoms with van der Waals surface area (Å²) in [6.07, 6.45) is 2.02. The van der Waals surface area contributed by atoms with Crippen LogP contribution >= 0.6 is 0 Å². The number of rotatable bonds is 1. The molecule has 5 heteroatoms. The van der Waals surface area contributed by atoms with Gasteiger partial charge in [0.25, 0.3) is 5.91 Å². The molecule has 3 heterocycles. The lowest BCUT2D eigenvalue weighted by Gasteiger charge is -2.13. The molecule has 1 atom stereocenters. The average molecular weight is 245 g/mol. The predicted molar refractivity (Wildman–Crippen MR) is 66.5 cm³/mol. The van der Waals surface area contributed by atoms with Gasteiger partial charge in [-0.05, 0) is 25.5 Å². The molecule has 0 bridgehead atoms. The number of amides is 1. The molecule has 1 saturated heterocycles. The Labute approximate surface area is 105 Å². The number of likely N-dealkylation sites (tertiary alicyclic amines) is 1. The minimum absolute atomic E-state index is 0.102. The quantitative estimate of drug-likeness (QED) is 0.810. The van der Waals surface area contributed by atoms with E-state index in [9.17, 15) is 9.90 Å². The van der Waals surface area contributed by atoms with Crippen molar-refractivity contribution < 1.29 is 9.90 Å². The molecule has 5 nitrogen and oxygen atoms in total. The highest BCUT2D eigenvalue weighted by Gasteiger charge is 2.26. The number of aliphatic hydroxyl groups excluding tert-OH is 1. The molecule has 1 N–H and O–H groups in total. The third-order valence-corrected chi connectivity index (χ3v) is 3.37. The second-order valence-electron chi connectivity index (χ2n) is 4.72. The van der Waals surface area contributed by atoms with Crippen LogP contribution in [0.1, 0.15) is 22.6 Å². The first-order chi connectivity index (χ1) is 8.65. The number of imidazole rings is 1. The van der Waals surface area contributed by atoms with Crippen LogP contribution in [-0.4, -0.2) is 44.5 Å². The molecule has 0 radical (unpaired) electrons. The molecule has 18 heavy (non-hydrogen) atoms. The van der Waals surface area contributed by atoms with Crippen LogP contribution in [0.2, 0.25) is 0 Å². The molecule has 94 valence electrons. The maximum absolute atomic E-state index is 12.2. The molecule has 0 saturated carbocycles. The average Bonchev–Trinajstić information content (AvgIpc) is 2.95. The van der Waals surface area contributed by atoms with E-state index in [4.69, 9.17) is 0 Å². The Bertz CT molecular complexity index is 605. The van der Waals surface area contributed by atoms with Crippen LogP contribution in [0.15, 0.2) is 24.4 Å². The van der Waals surface area contributed by atoms with Gasteiger partial charge in [0, 0.05) is 25.0 Å². The zero-order chi connectivity index (χ0) is 12.7. The zero-order valence-corrected chi connectivity index (χ0v) is 10.2. The highest BCUT2D eigenvalue weighted by molar-refractivity contribution is 5.93. The number of β-amino-alcohol motifs (C(OH)–C–C–N with tert-alkyl or cyclic N) is 1. The number of carbonyl (C=O) groups is 1. The number of nitrogens with zero attached hydrogens (tertiary/aromatic N) is 3. The second-order valence-corrected chi connectivity index (χ2v) is 4.72. The lowest BCUT2D eigenvalue weighted by Crippen LogP contribution is -2.29. The van der Waals surface area contributed by atoms with Crippen LogP contribution in [0, 0.1) is 6.92 Å². The maximum Gasteiger partial charge on any atom is 0.274 e. The van der Waals surface area contributed by atoms with Crippen molar-refractivity contribution in [1.29, 1.82) is 0 Å². The van der Waals surface area contributed by atoms with Gasteiger partial charge < -0.3 is 14.4 Å². The van der Waals surface area contributed by atoms with E-state index in [1.165, 1.54) is 0 Å². The number of pyridine rings is 1. The Balaban J connectivity index is 1.95. The first kappa shape index (κ1) is 11.2. The Morgan fingerprint density at radius 3 is 3.00 bits per heavy atom. The number of carbonyl (C=O) groups excluding carboxylic acids is 1. The first-order valence-corrected chi connectivity index (χ1v) is 6.07. The molecule has 0 aliphatic carbocycles. The topological polar surface area (TPSA) is 57.8 Å². The van der Waals surface area contributed by atoms with Gasteiger partial charge in [0.15, 0.2) is 0 Å². The van der Waals surface area contributed by atoms with Crippen molar-refractivity contribution in [1.82, 2.24) is 14.3 Å². The van der Waals surface area contributed by atoms with Crippen molar-refractivity contribution in [3.05, 3.63) is 35.8 Å². The van der Waals surface area contributed by atoms with E-state index in [0.29, 0.717) is 25.2 Å². The van der Waals surface area contributed by atoms with Crippen LogP contribution in [0.5, 0.6) is 0 Å². The smallest absolute Gasteiger partial charge is 0.274 e. The molecule has 0 aromatic carbocycles. The van der Waals surface area contributed by atoms with E-state index in [1.54, 1.807) is 11.1 Å². The van der Waals surface area contributed by atoms with Gasteiger partial charge in [-0.3, -0.25) is 4.79 Å². The van der Waals surface area contributed by atoms with Crippen molar-refractivity contribution in [2.75, 3.05) is 13.1 Å². The van der Waals surface area contributed by atoms with Crippen LogP contribution < -0.4 is 0 Å². The summed E-state index contributed by atoms with van der Waals surface area (Å²) in [5.41, 5.74) is 2.26. The summed E-state index contributed by atoms with van der Waals surface area (Å²) >= 11 is 0. The van der Waals surface area contributed by atoms with E-state index in [0.717, 1.165) is 11.3 Å². The molecule has 2 aromatic rings. The Hall–Kier alpha value is -1.88. The van der Waals surface area contributed by atoms with E-state index >= 15 is 0 Å². The second kappa shape index (κ2) is 4.10. The molecule has 3 rings (SSSR count). The van der Waals surface area contributed by atoms with Crippen molar-refractivity contribution in [2.24, 2.45) is 0 Å². The molecular weight excluding hydrogens is 230 g/mol. The SMILES string of the molecule is Cc1cccc2nc(C(=O)N3CCC(O)C3)cn12. The summed E-state index contributed by atoms with van der Waals surface area (Å²) in [5, 5.41) is 9.46. The summed E-state index contributed by atoms with van der Waals surface area (Å²) in [7, 11) is 0. The third kappa shape index (κ3) is 1.76. The lowest BCUT2D eigenvalue weighted by atomic mass is 10.3. The van der Waals surface area contributed by atoms with Crippen molar-refractivity contribution >= 4 is 11.6 Å². The van der Waals surface area contributed by atoms with Gasteiger partial charge in [-0.1, -0.05) is 6.07 Å². The predicted octanol–water partition coefficient (Wildman–Crippen LogP) is 0.850. The van der Waals surface area contributed by atoms with Gasteiger partial charge in [-0.2, -0.15) is 0 Å². The van der Waals surface area contributed by atoms with Gasteiger partial charge in [0.2, 0.25) is 0 Å². The van der Waals surface area contributed by atoms with Crippen LogP contribution in [0.3, 0.4) is 0 Å². The van der Waals surface area contributed by atoms with Gasteiger partial charge >= 0.3 is 0 Å². The number of aromatic nitrogens is 2. The van der Waals surface area contributed by atoms with Crippen molar-refractivity contribution in [3.63, 3.8) is 0 Å². The standard InChI is InChI=1S/C13H15N3O2/c1-9-3-2-4-12-14-11(8-16(9)12)13(18)15-6-5-10(17)7-15/h2-4,8,10,17H,5-7H2,1H3. The fraction of sp³-hybridized carbons (Fsp3) is 0.385. The van der Waals surface area contributed by atoms with Gasteiger partial charge in [-0.25, -0.2) is 4.98 Å². The van der Waals surface area contributed by atoms with E-state index in [-0.39, 0.29) is 5.91 Å². The first-order valence-electron chi connectivity index (χ1n) is 6.07. The number of fused-ring (bicyclic) bond motifs is 1. The summed E-state index contributed by atoms with van der Waals surface area (Å²) in [6.45, 7) is 2.99. The number of hydrogen-bond donors (Lipinski definition) is 1. The van der Waals surface area contributed by atoms with Gasteiger partial charge in [-0.15, -0.1) is 0 Å². The number of aryl methyl sites for hydroxylation is 1. The number of hydrogen-bond acceptors (Lipinski definition) is 3. The molecule has 2 aromatic heterocycles. The van der Waals surface area contributed by atoms with Gasteiger partial charge in [0.05, 0.1) is 6.10 Å². The molecular formula is C13H15N3O2. The zero-order valence-electron chi connectivity index (χ0n) is 10.2. The highest BCUT2D eigenvalue weighted by atomic mass is 16.3. The fourth-order valence-corrected chi connectivity index (χ4v) is 2.34. The Morgan fingerprint density at radius 1 is 1.50 bits per heavy atom. The van der Waals surface area contributed by atoms with E-state index < -0.39 is 6.10 Å². The van der Waals surface area contributed by atoms with Crippen molar-refractivity contribution in [3.8, 4) is 0 Å². The minimum Gasteiger partial charge on any atom is -0.391 e. The molecule has 1 unspecified atom stereocenters. The summed E-state index contributed by atoms with van der Waals surface area (Å²) < 4.78 is 1.90. The normalized spacial score (nSPS) is 19.7. The summed E-state index contributed by atoms with van der Waals surface area (Å²) in [5.74, 6) is -0.102. The molecule has 1 amide bonds. The van der Waals surface area contributed by atoms with Crippen molar-refractivity contribution in [2.45, 2.75) is 19.4 Å². The minimum atomic E-state index is -0.396. The van der Waals surface area contributed by atoms with Crippen LogP contribution in [0.4, 0.5) is 0 Å². The van der Waals surface area contributed by atoms with Gasteiger partial charge in [0.1, 0.15) is 11.3 Å². The highest BCUT2D eigenvalue weighted by Crippen LogP contribution is 2.14. The largest absolute Gasteiger partial charge is 0.391 e. The Morgan fingerprint density at radius 2 is 2.33 bits per heavy atom. The van der Waals surface area contributed by atoms with Crippen LogP contribution in [-0.2, 0) is 0 Å². The fourth-order valence-electron chi connectivity index (χ4n) is 2.34. The summed E-state index contributed by atoms with van der Waals surface area (Å²) in [6, 6.07) is 5.77. The molecule has 1 fully saturated rings. The summed E-state index contributed by atoms with van der Waals surface area (Å²) in [4.78, 5) is 18.2. The maximum atomic E-state index is 12.2. The van der Waals surface area contributed by atoms with Crippen LogP contribution in [0.25, 0.3) is 5.65 Å². The Kier molecular flexibility index (Phi) is 2.56. The number of aliphatic hydroxyl groups is 1. The lowest BCUT2D eigenvalue weighted by molar-refractivity contribution is 0.0760. The van der Waals surface area contributed by atoms with E-state index in [2.05, 4.69) is 4.98 Å².